The van der Waals surface area contributed by atoms with Crippen molar-refractivity contribution >= 4 is 33.1 Å². The topological polar surface area (TPSA) is 47.4 Å². The molecule has 1 aliphatic rings. The molecular formula is C17H16FN3O2S. The van der Waals surface area contributed by atoms with Crippen molar-refractivity contribution in [3.63, 3.8) is 0 Å². The van der Waals surface area contributed by atoms with Gasteiger partial charge in [0.25, 0.3) is 5.91 Å². The van der Waals surface area contributed by atoms with Gasteiger partial charge in [0.15, 0.2) is 0 Å². The number of hydrogen-bond acceptors (Lipinski definition) is 4. The van der Waals surface area contributed by atoms with Gasteiger partial charge in [0, 0.05) is 18.5 Å². The Hall–Kier alpha value is -2.41. The molecule has 0 saturated carbocycles. The third-order valence-corrected chi connectivity index (χ3v) is 5.32. The van der Waals surface area contributed by atoms with E-state index in [4.69, 9.17) is 4.74 Å². The van der Waals surface area contributed by atoms with E-state index in [1.165, 1.54) is 23.5 Å². The average molecular weight is 345 g/mol. The average Bonchev–Trinajstić information content (AvgIpc) is 3.07. The molecule has 0 radical (unpaired) electrons. The van der Waals surface area contributed by atoms with Crippen LogP contribution >= 0.6 is 11.3 Å². The Bertz CT molecular complexity index is 928. The van der Waals surface area contributed by atoms with Gasteiger partial charge in [0.1, 0.15) is 22.5 Å². The fraction of sp³-hybridized carbons (Fsp3) is 0.294. The number of thiophene rings is 1. The molecule has 1 aliphatic heterocycles. The molecule has 7 heteroatoms. The molecule has 0 fully saturated rings. The van der Waals surface area contributed by atoms with Crippen LogP contribution in [0.3, 0.4) is 0 Å². The van der Waals surface area contributed by atoms with Crippen LogP contribution in [0.1, 0.15) is 22.3 Å². The highest BCUT2D eigenvalue weighted by molar-refractivity contribution is 7.20. The highest BCUT2D eigenvalue weighted by atomic mass is 32.1. The van der Waals surface area contributed by atoms with E-state index in [2.05, 4.69) is 5.10 Å². The lowest BCUT2D eigenvalue weighted by Gasteiger charge is -2.33. The van der Waals surface area contributed by atoms with Gasteiger partial charge in [0.2, 0.25) is 0 Å². The number of nitrogens with zero attached hydrogens (tertiary/aromatic N) is 3. The first-order chi connectivity index (χ1) is 11.4. The fourth-order valence-corrected chi connectivity index (χ4v) is 4.12. The maximum atomic E-state index is 13.5. The molecule has 1 amide bonds. The molecule has 0 saturated heterocycles. The highest BCUT2D eigenvalue weighted by Gasteiger charge is 2.30. The van der Waals surface area contributed by atoms with Gasteiger partial charge in [-0.2, -0.15) is 5.10 Å². The second-order valence-corrected chi connectivity index (χ2v) is 7.03. The molecule has 0 bridgehead atoms. The number of carbonyl (C=O) groups excluding carboxylic acids is 1. The first kappa shape index (κ1) is 15.1. The number of benzene rings is 1. The van der Waals surface area contributed by atoms with Crippen LogP contribution in [0.2, 0.25) is 0 Å². The van der Waals surface area contributed by atoms with Crippen LogP contribution in [0.25, 0.3) is 10.2 Å². The highest BCUT2D eigenvalue weighted by Crippen LogP contribution is 2.36. The molecule has 1 atom stereocenters. The minimum atomic E-state index is -0.376. The van der Waals surface area contributed by atoms with Gasteiger partial charge in [-0.1, -0.05) is 0 Å². The number of halogens is 1. The minimum absolute atomic E-state index is 0.0985. The first-order valence-corrected chi connectivity index (χ1v) is 8.47. The van der Waals surface area contributed by atoms with Crippen LogP contribution in [0.5, 0.6) is 5.75 Å². The molecule has 1 aromatic carbocycles. The van der Waals surface area contributed by atoms with Gasteiger partial charge in [-0.3, -0.25) is 9.48 Å². The van der Waals surface area contributed by atoms with E-state index in [0.717, 1.165) is 15.9 Å². The molecule has 3 aromatic rings. The number of fused-ring (bicyclic) bond motifs is 2. The Morgan fingerprint density at radius 1 is 1.42 bits per heavy atom. The molecule has 2 aromatic heterocycles. The summed E-state index contributed by atoms with van der Waals surface area (Å²) in [6, 6.07) is 6.14. The second kappa shape index (κ2) is 5.31. The van der Waals surface area contributed by atoms with E-state index in [9.17, 15) is 9.18 Å². The predicted octanol–water partition coefficient (Wildman–Crippen LogP) is 3.51. The normalized spacial score (nSPS) is 17.0. The molecular weight excluding hydrogens is 329 g/mol. The van der Waals surface area contributed by atoms with Crippen molar-refractivity contribution < 1.29 is 13.9 Å². The number of rotatable bonds is 1. The molecule has 24 heavy (non-hydrogen) atoms. The lowest BCUT2D eigenvalue weighted by atomic mass is 10.2. The number of aromatic nitrogens is 2. The molecule has 5 nitrogen and oxygen atoms in total. The van der Waals surface area contributed by atoms with Crippen molar-refractivity contribution in [2.75, 3.05) is 11.4 Å². The van der Waals surface area contributed by atoms with Crippen molar-refractivity contribution in [1.29, 1.82) is 0 Å². The Morgan fingerprint density at radius 2 is 2.21 bits per heavy atom. The molecule has 0 N–H and O–H groups in total. The van der Waals surface area contributed by atoms with E-state index in [1.807, 2.05) is 27.0 Å². The lowest BCUT2D eigenvalue weighted by molar-refractivity contribution is 0.0965. The molecule has 1 unspecified atom stereocenters. The van der Waals surface area contributed by atoms with Gasteiger partial charge in [0.05, 0.1) is 22.8 Å². The number of carbonyl (C=O) groups is 1. The summed E-state index contributed by atoms with van der Waals surface area (Å²) in [6.45, 7) is 4.23. The van der Waals surface area contributed by atoms with Crippen LogP contribution in [0.4, 0.5) is 10.1 Å². The first-order valence-electron chi connectivity index (χ1n) is 7.65. The van der Waals surface area contributed by atoms with E-state index in [0.29, 0.717) is 22.9 Å². The second-order valence-electron chi connectivity index (χ2n) is 5.99. The zero-order valence-corrected chi connectivity index (χ0v) is 14.4. The van der Waals surface area contributed by atoms with Crippen molar-refractivity contribution in [3.05, 3.63) is 40.7 Å². The fourth-order valence-electron chi connectivity index (χ4n) is 3.05. The number of ether oxygens (including phenoxy) is 1. The zero-order valence-electron chi connectivity index (χ0n) is 13.5. The van der Waals surface area contributed by atoms with E-state index in [-0.39, 0.29) is 17.8 Å². The quantitative estimate of drug-likeness (QED) is 0.678. The monoisotopic (exact) mass is 345 g/mol. The van der Waals surface area contributed by atoms with Gasteiger partial charge < -0.3 is 9.64 Å². The molecule has 0 aliphatic carbocycles. The maximum Gasteiger partial charge on any atom is 0.268 e. The van der Waals surface area contributed by atoms with Crippen molar-refractivity contribution in [1.82, 2.24) is 9.78 Å². The van der Waals surface area contributed by atoms with Crippen molar-refractivity contribution in [3.8, 4) is 5.75 Å². The molecule has 4 rings (SSSR count). The largest absolute Gasteiger partial charge is 0.487 e. The Balaban J connectivity index is 1.77. The maximum absolute atomic E-state index is 13.5. The SMILES string of the molecule is Cc1nn(C)c2sc(C(=O)N3CC(C)Oc4cc(F)ccc43)cc12. The number of aryl methyl sites for hydroxylation is 2. The minimum Gasteiger partial charge on any atom is -0.487 e. The smallest absolute Gasteiger partial charge is 0.268 e. The van der Waals surface area contributed by atoms with E-state index >= 15 is 0 Å². The summed E-state index contributed by atoms with van der Waals surface area (Å²) in [5.41, 5.74) is 1.51. The summed E-state index contributed by atoms with van der Waals surface area (Å²) in [5, 5.41) is 5.35. The van der Waals surface area contributed by atoms with Gasteiger partial charge in [-0.15, -0.1) is 11.3 Å². The third-order valence-electron chi connectivity index (χ3n) is 4.13. The Labute approximate surface area is 142 Å². The molecule has 124 valence electrons. The van der Waals surface area contributed by atoms with Crippen molar-refractivity contribution in [2.24, 2.45) is 7.05 Å². The van der Waals surface area contributed by atoms with Crippen LogP contribution in [0, 0.1) is 12.7 Å². The molecule has 0 spiro atoms. The van der Waals surface area contributed by atoms with Crippen LogP contribution in [-0.2, 0) is 7.05 Å². The van der Waals surface area contributed by atoms with Crippen LogP contribution in [-0.4, -0.2) is 28.3 Å². The third kappa shape index (κ3) is 2.27. The summed E-state index contributed by atoms with van der Waals surface area (Å²) >= 11 is 1.42. The summed E-state index contributed by atoms with van der Waals surface area (Å²) in [5.74, 6) is -0.0709. The predicted molar refractivity (Wildman–Crippen MR) is 91.5 cm³/mol. The zero-order chi connectivity index (χ0) is 17.0. The number of hydrogen-bond donors (Lipinski definition) is 0. The van der Waals surface area contributed by atoms with Gasteiger partial charge in [-0.05, 0) is 32.0 Å². The van der Waals surface area contributed by atoms with E-state index < -0.39 is 0 Å². The lowest BCUT2D eigenvalue weighted by Crippen LogP contribution is -2.42. The number of amides is 1. The Kier molecular flexibility index (Phi) is 3.35. The summed E-state index contributed by atoms with van der Waals surface area (Å²) in [7, 11) is 1.87. The summed E-state index contributed by atoms with van der Waals surface area (Å²) < 4.78 is 20.9. The van der Waals surface area contributed by atoms with Crippen molar-refractivity contribution in [2.45, 2.75) is 20.0 Å². The van der Waals surface area contributed by atoms with E-state index in [1.54, 1.807) is 15.6 Å². The van der Waals surface area contributed by atoms with Gasteiger partial charge in [-0.25, -0.2) is 4.39 Å². The van der Waals surface area contributed by atoms with Crippen LogP contribution in [0.15, 0.2) is 24.3 Å². The number of anilines is 1. The molecule has 3 heterocycles. The summed E-state index contributed by atoms with van der Waals surface area (Å²) in [4.78, 5) is 16.3. The Morgan fingerprint density at radius 3 is 2.96 bits per heavy atom. The van der Waals surface area contributed by atoms with Gasteiger partial charge >= 0.3 is 0 Å². The van der Waals surface area contributed by atoms with Crippen LogP contribution < -0.4 is 9.64 Å². The standard InChI is InChI=1S/C17H16FN3O2S/c1-9-8-21(13-5-4-11(18)6-14(13)23-9)16(22)15-7-12-10(2)19-20(3)17(12)24-15/h4-7,9H,8H2,1-3H3. The summed E-state index contributed by atoms with van der Waals surface area (Å²) in [6.07, 6.45) is -0.193.